The summed E-state index contributed by atoms with van der Waals surface area (Å²) in [6.45, 7) is 10.4. The average molecular weight is 342 g/mol. The Balaban J connectivity index is 2.01. The summed E-state index contributed by atoms with van der Waals surface area (Å²) in [5.74, 6) is 0. The van der Waals surface area contributed by atoms with Crippen molar-refractivity contribution in [1.29, 1.82) is 0 Å². The highest BCUT2D eigenvalue weighted by Gasteiger charge is 2.11. The Morgan fingerprint density at radius 2 is 1.92 bits per heavy atom. The number of hydrogen-bond donors (Lipinski definition) is 1. The Morgan fingerprint density at radius 3 is 2.62 bits per heavy atom. The van der Waals surface area contributed by atoms with E-state index in [2.05, 4.69) is 72.5 Å². The zero-order valence-electron chi connectivity index (χ0n) is 15.5. The van der Waals surface area contributed by atoms with Crippen LogP contribution in [-0.4, -0.2) is 24.4 Å². The van der Waals surface area contributed by atoms with Gasteiger partial charge in [0.1, 0.15) is 0 Å². The summed E-state index contributed by atoms with van der Waals surface area (Å²) in [7, 11) is -1.22. The van der Waals surface area contributed by atoms with Crippen LogP contribution in [0.2, 0.25) is 19.6 Å². The molecule has 24 heavy (non-hydrogen) atoms. The topological polar surface area (TPSA) is 25.2 Å². The predicted molar refractivity (Wildman–Crippen MR) is 108 cm³/mol. The number of aliphatic hydroxyl groups is 1. The minimum atomic E-state index is -1.22. The number of aliphatic hydroxyl groups excluding tert-OH is 1. The van der Waals surface area contributed by atoms with Crippen LogP contribution in [0.5, 0.6) is 0 Å². The number of aromatic nitrogens is 1. The van der Waals surface area contributed by atoms with Gasteiger partial charge < -0.3 is 9.67 Å². The number of para-hydroxylation sites is 1. The maximum absolute atomic E-state index is 9.20. The first-order valence-electron chi connectivity index (χ1n) is 8.90. The summed E-state index contributed by atoms with van der Waals surface area (Å²) < 4.78 is 2.36. The lowest BCUT2D eigenvalue weighted by atomic mass is 10.1. The van der Waals surface area contributed by atoms with Crippen LogP contribution in [0.4, 0.5) is 0 Å². The van der Waals surface area contributed by atoms with Gasteiger partial charge >= 0.3 is 0 Å². The molecule has 3 heteroatoms. The third-order valence-corrected chi connectivity index (χ3v) is 5.45. The van der Waals surface area contributed by atoms with Crippen LogP contribution in [0, 0.1) is 0 Å². The van der Waals surface area contributed by atoms with Crippen molar-refractivity contribution < 1.29 is 5.11 Å². The first-order chi connectivity index (χ1) is 11.4. The molecule has 0 fully saturated rings. The lowest BCUT2D eigenvalue weighted by molar-refractivity contribution is 0.331. The SMILES string of the molecule is C/C(=C\C/C(=C/[Si](C)(C)C)CCCn1ccc2ccccc21)CO. The number of benzene rings is 1. The Bertz CT molecular complexity index is 719. The molecule has 1 N–H and O–H groups in total. The van der Waals surface area contributed by atoms with Crippen LogP contribution >= 0.6 is 0 Å². The molecule has 1 aromatic carbocycles. The van der Waals surface area contributed by atoms with Gasteiger partial charge in [-0.25, -0.2) is 0 Å². The van der Waals surface area contributed by atoms with E-state index in [1.165, 1.54) is 16.5 Å². The maximum atomic E-state index is 9.20. The molecule has 1 aromatic heterocycles. The number of rotatable bonds is 8. The Morgan fingerprint density at radius 1 is 1.17 bits per heavy atom. The van der Waals surface area contributed by atoms with Crippen LogP contribution in [0.25, 0.3) is 10.9 Å². The fourth-order valence-electron chi connectivity index (χ4n) is 3.03. The lowest BCUT2D eigenvalue weighted by Gasteiger charge is -2.15. The fraction of sp³-hybridized carbons (Fsp3) is 0.429. The molecule has 2 rings (SSSR count). The molecular weight excluding hydrogens is 310 g/mol. The van der Waals surface area contributed by atoms with Gasteiger partial charge in [0.05, 0.1) is 14.7 Å². The molecule has 1 heterocycles. The van der Waals surface area contributed by atoms with E-state index in [1.54, 1.807) is 0 Å². The summed E-state index contributed by atoms with van der Waals surface area (Å²) in [6, 6.07) is 10.8. The van der Waals surface area contributed by atoms with Crippen LogP contribution in [0.1, 0.15) is 26.2 Å². The molecule has 0 atom stereocenters. The van der Waals surface area contributed by atoms with Gasteiger partial charge in [0, 0.05) is 18.3 Å². The van der Waals surface area contributed by atoms with Crippen molar-refractivity contribution >= 4 is 19.0 Å². The van der Waals surface area contributed by atoms with Gasteiger partial charge in [0.15, 0.2) is 0 Å². The van der Waals surface area contributed by atoms with Gasteiger partial charge in [0.25, 0.3) is 0 Å². The average Bonchev–Trinajstić information content (AvgIpc) is 2.94. The number of nitrogens with zero attached hydrogens (tertiary/aromatic N) is 1. The molecule has 0 saturated heterocycles. The minimum absolute atomic E-state index is 0.162. The van der Waals surface area contributed by atoms with E-state index in [0.29, 0.717) is 0 Å². The van der Waals surface area contributed by atoms with Crippen molar-refractivity contribution in [1.82, 2.24) is 4.57 Å². The van der Waals surface area contributed by atoms with Crippen LogP contribution < -0.4 is 0 Å². The smallest absolute Gasteiger partial charge is 0.0686 e. The van der Waals surface area contributed by atoms with Crippen LogP contribution in [0.15, 0.2) is 59.5 Å². The van der Waals surface area contributed by atoms with Crippen molar-refractivity contribution in [2.75, 3.05) is 6.61 Å². The summed E-state index contributed by atoms with van der Waals surface area (Å²) in [5.41, 5.74) is 6.44. The molecule has 0 unspecified atom stereocenters. The number of aryl methyl sites for hydroxylation is 1. The normalized spacial score (nSPS) is 13.7. The number of allylic oxidation sites excluding steroid dienone is 2. The van der Waals surface area contributed by atoms with Crippen molar-refractivity contribution in [2.45, 2.75) is 52.4 Å². The second kappa shape index (κ2) is 8.50. The molecule has 130 valence electrons. The molecule has 0 saturated carbocycles. The Kier molecular flexibility index (Phi) is 6.64. The lowest BCUT2D eigenvalue weighted by Crippen LogP contribution is -2.17. The highest BCUT2D eigenvalue weighted by Crippen LogP contribution is 2.20. The van der Waals surface area contributed by atoms with E-state index < -0.39 is 8.07 Å². The highest BCUT2D eigenvalue weighted by atomic mass is 28.3. The molecular formula is C21H31NOSi. The monoisotopic (exact) mass is 341 g/mol. The second-order valence-electron chi connectivity index (χ2n) is 7.75. The first-order valence-corrected chi connectivity index (χ1v) is 12.5. The van der Waals surface area contributed by atoms with Crippen molar-refractivity contribution in [2.24, 2.45) is 0 Å². The van der Waals surface area contributed by atoms with Crippen LogP contribution in [-0.2, 0) is 6.54 Å². The van der Waals surface area contributed by atoms with Crippen molar-refractivity contribution in [3.8, 4) is 0 Å². The van der Waals surface area contributed by atoms with Gasteiger partial charge in [-0.1, -0.05) is 60.8 Å². The Hall–Kier alpha value is -1.58. The van der Waals surface area contributed by atoms with Crippen LogP contribution in [0.3, 0.4) is 0 Å². The van der Waals surface area contributed by atoms with Crippen molar-refractivity contribution in [3.63, 3.8) is 0 Å². The molecule has 2 nitrogen and oxygen atoms in total. The van der Waals surface area contributed by atoms with Gasteiger partial charge in [0.2, 0.25) is 0 Å². The number of hydrogen-bond acceptors (Lipinski definition) is 1. The van der Waals surface area contributed by atoms with E-state index in [1.807, 2.05) is 6.92 Å². The Labute approximate surface area is 147 Å². The molecule has 0 amide bonds. The third-order valence-electron chi connectivity index (χ3n) is 4.18. The zero-order valence-corrected chi connectivity index (χ0v) is 16.5. The molecule has 0 radical (unpaired) electrons. The fourth-order valence-corrected chi connectivity index (χ4v) is 4.51. The second-order valence-corrected chi connectivity index (χ2v) is 12.8. The van der Waals surface area contributed by atoms with Crippen molar-refractivity contribution in [3.05, 3.63) is 59.5 Å². The van der Waals surface area contributed by atoms with E-state index in [-0.39, 0.29) is 6.61 Å². The minimum Gasteiger partial charge on any atom is -0.392 e. The molecule has 2 aromatic rings. The largest absolute Gasteiger partial charge is 0.392 e. The summed E-state index contributed by atoms with van der Waals surface area (Å²) in [5, 5.41) is 10.5. The predicted octanol–water partition coefficient (Wildman–Crippen LogP) is 5.55. The third kappa shape index (κ3) is 5.80. The van der Waals surface area contributed by atoms with Gasteiger partial charge in [-0.05, 0) is 43.7 Å². The molecule has 0 aliphatic heterocycles. The molecule has 0 aliphatic carbocycles. The van der Waals surface area contributed by atoms with E-state index in [4.69, 9.17) is 0 Å². The molecule has 0 spiro atoms. The van der Waals surface area contributed by atoms with Gasteiger partial charge in [-0.2, -0.15) is 0 Å². The summed E-state index contributed by atoms with van der Waals surface area (Å²) in [6.07, 6.45) is 7.63. The highest BCUT2D eigenvalue weighted by molar-refractivity contribution is 6.81. The first kappa shape index (κ1) is 18.8. The van der Waals surface area contributed by atoms with E-state index >= 15 is 0 Å². The van der Waals surface area contributed by atoms with Gasteiger partial charge in [-0.3, -0.25) is 0 Å². The standard InChI is InChI=1S/C21H31NOSi/c1-18(16-23)11-12-19(17-24(2,3)4)8-7-14-22-15-13-20-9-5-6-10-21(20)22/h5-6,9-11,13,15,17,23H,7-8,12,14,16H2,1-4H3/b18-11+,19-17+. The maximum Gasteiger partial charge on any atom is 0.0686 e. The number of fused-ring (bicyclic) bond motifs is 1. The zero-order chi connectivity index (χ0) is 17.6. The summed E-state index contributed by atoms with van der Waals surface area (Å²) in [4.78, 5) is 0. The quantitative estimate of drug-likeness (QED) is 0.494. The van der Waals surface area contributed by atoms with E-state index in [9.17, 15) is 5.11 Å². The molecule has 0 aliphatic rings. The van der Waals surface area contributed by atoms with E-state index in [0.717, 1.165) is 31.4 Å². The van der Waals surface area contributed by atoms with Gasteiger partial charge in [-0.15, -0.1) is 0 Å². The molecule has 0 bridgehead atoms. The summed E-state index contributed by atoms with van der Waals surface area (Å²) >= 11 is 0.